The number of amides is 1. The molecule has 0 atom stereocenters. The highest BCUT2D eigenvalue weighted by molar-refractivity contribution is 7.15. The fraction of sp³-hybridized carbons (Fsp3) is 0.241. The minimum Gasteiger partial charge on any atom is -0.322 e. The number of fused-ring (bicyclic) bond motifs is 1. The third kappa shape index (κ3) is 4.97. The van der Waals surface area contributed by atoms with Crippen molar-refractivity contribution in [2.45, 2.75) is 46.5 Å². The second kappa shape index (κ2) is 10.1. The number of carbonyl (C=O) groups excluding carboxylic acids is 1. The average molecular weight is 513 g/mol. The number of hydrogen-bond acceptors (Lipinski definition) is 5. The van der Waals surface area contributed by atoms with E-state index in [-0.39, 0.29) is 11.6 Å². The van der Waals surface area contributed by atoms with Gasteiger partial charge in [0, 0.05) is 45.9 Å². The van der Waals surface area contributed by atoms with Crippen LogP contribution in [0.4, 0.5) is 17.1 Å². The topological polar surface area (TPSA) is 89.5 Å². The first kappa shape index (κ1) is 24.6. The predicted molar refractivity (Wildman–Crippen MR) is 149 cm³/mol. The molecule has 1 N–H and O–H groups in total. The number of aliphatic imine (C=N–C) groups is 1. The number of nitrogens with one attached hydrogen (secondary N) is 1. The molecule has 37 heavy (non-hydrogen) atoms. The Kier molecular flexibility index (Phi) is 6.76. The van der Waals surface area contributed by atoms with Gasteiger partial charge in [0.2, 0.25) is 0 Å². The fourth-order valence-electron chi connectivity index (χ4n) is 4.84. The van der Waals surface area contributed by atoms with Crippen LogP contribution in [0.5, 0.6) is 0 Å². The zero-order valence-electron chi connectivity index (χ0n) is 21.1. The lowest BCUT2D eigenvalue weighted by molar-refractivity contribution is -0.384. The molecule has 1 aliphatic carbocycles. The quantitative estimate of drug-likeness (QED) is 0.168. The first-order chi connectivity index (χ1) is 17.8. The molecule has 0 saturated carbocycles. The van der Waals surface area contributed by atoms with E-state index in [1.807, 2.05) is 51.1 Å². The van der Waals surface area contributed by atoms with Crippen molar-refractivity contribution in [3.63, 3.8) is 0 Å². The first-order valence-corrected chi connectivity index (χ1v) is 13.1. The summed E-state index contributed by atoms with van der Waals surface area (Å²) in [6.45, 7) is 6.07. The number of rotatable bonds is 6. The van der Waals surface area contributed by atoms with Crippen LogP contribution < -0.4 is 5.32 Å². The highest BCUT2D eigenvalue weighted by Crippen LogP contribution is 2.39. The summed E-state index contributed by atoms with van der Waals surface area (Å²) in [5.74, 6) is -0.0856. The van der Waals surface area contributed by atoms with Gasteiger partial charge in [0.05, 0.1) is 16.2 Å². The zero-order chi connectivity index (χ0) is 26.1. The number of benzene rings is 2. The first-order valence-electron chi connectivity index (χ1n) is 12.3. The number of anilines is 1. The van der Waals surface area contributed by atoms with Crippen LogP contribution in [0.25, 0.3) is 5.00 Å². The van der Waals surface area contributed by atoms with Gasteiger partial charge in [-0.25, -0.2) is 0 Å². The highest BCUT2D eigenvalue weighted by Gasteiger charge is 2.28. The van der Waals surface area contributed by atoms with Gasteiger partial charge in [-0.05, 0) is 76.3 Å². The number of aromatic nitrogens is 1. The van der Waals surface area contributed by atoms with Crippen molar-refractivity contribution in [2.24, 2.45) is 4.99 Å². The molecule has 2 aromatic carbocycles. The van der Waals surface area contributed by atoms with E-state index in [2.05, 4.69) is 14.9 Å². The van der Waals surface area contributed by atoms with Gasteiger partial charge >= 0.3 is 0 Å². The van der Waals surface area contributed by atoms with Crippen LogP contribution in [0.3, 0.4) is 0 Å². The lowest BCUT2D eigenvalue weighted by Crippen LogP contribution is -2.17. The molecule has 2 heterocycles. The normalized spacial score (nSPS) is 13.1. The summed E-state index contributed by atoms with van der Waals surface area (Å²) >= 11 is 1.70. The van der Waals surface area contributed by atoms with Crippen molar-refractivity contribution >= 4 is 40.5 Å². The van der Waals surface area contributed by atoms with Gasteiger partial charge in [0.15, 0.2) is 0 Å². The molecular formula is C29H28N4O3S. The Labute approximate surface area is 219 Å². The van der Waals surface area contributed by atoms with Gasteiger partial charge in [0.1, 0.15) is 5.00 Å². The highest BCUT2D eigenvalue weighted by atomic mass is 32.1. The van der Waals surface area contributed by atoms with Gasteiger partial charge in [-0.15, -0.1) is 11.3 Å². The summed E-state index contributed by atoms with van der Waals surface area (Å²) in [4.78, 5) is 30.1. The lowest BCUT2D eigenvalue weighted by atomic mass is 9.95. The third-order valence-corrected chi connectivity index (χ3v) is 8.03. The molecule has 4 aromatic rings. The maximum atomic E-state index is 13.7. The van der Waals surface area contributed by atoms with Crippen molar-refractivity contribution < 1.29 is 9.72 Å². The monoisotopic (exact) mass is 512 g/mol. The molecule has 1 amide bonds. The van der Waals surface area contributed by atoms with Crippen LogP contribution in [-0.4, -0.2) is 21.6 Å². The number of non-ortho nitro benzene ring substituents is 1. The zero-order valence-corrected chi connectivity index (χ0v) is 21.9. The van der Waals surface area contributed by atoms with Crippen LogP contribution >= 0.6 is 11.3 Å². The van der Waals surface area contributed by atoms with Crippen LogP contribution in [0.2, 0.25) is 0 Å². The largest absolute Gasteiger partial charge is 0.322 e. The van der Waals surface area contributed by atoms with Crippen LogP contribution in [0, 0.1) is 30.9 Å². The molecular weight excluding hydrogens is 484 g/mol. The standard InChI is InChI=1S/C29H28N4O3S/c1-18-11-13-22(14-12-18)31-28(34)27-25-9-4-5-10-26(25)37-29(27)32-19(2)15-21(20(32)3)17-30-23-7-6-8-24(16-23)33(35)36/h6-8,11-17H,4-5,9-10H2,1-3H3,(H,31,34). The van der Waals surface area contributed by atoms with Crippen LogP contribution in [0.1, 0.15) is 56.2 Å². The van der Waals surface area contributed by atoms with E-state index in [4.69, 9.17) is 0 Å². The SMILES string of the molecule is Cc1ccc(NC(=O)c2c(-n3c(C)cc(C=Nc4cccc([N+](=O)[O-])c4)c3C)sc3c2CCCC3)cc1. The smallest absolute Gasteiger partial charge is 0.271 e. The number of nitro groups is 1. The van der Waals surface area contributed by atoms with Crippen LogP contribution in [-0.2, 0) is 12.8 Å². The van der Waals surface area contributed by atoms with E-state index in [1.54, 1.807) is 29.7 Å². The Bertz CT molecular complexity index is 1530. The molecule has 0 spiro atoms. The molecule has 1 aliphatic rings. The summed E-state index contributed by atoms with van der Waals surface area (Å²) in [7, 11) is 0. The predicted octanol–water partition coefficient (Wildman–Crippen LogP) is 7.25. The minimum atomic E-state index is -0.424. The second-order valence-electron chi connectivity index (χ2n) is 9.41. The third-order valence-electron chi connectivity index (χ3n) is 6.76. The molecule has 0 fully saturated rings. The van der Waals surface area contributed by atoms with E-state index in [0.717, 1.165) is 70.0 Å². The van der Waals surface area contributed by atoms with Crippen molar-refractivity contribution in [1.82, 2.24) is 4.57 Å². The summed E-state index contributed by atoms with van der Waals surface area (Å²) in [6.07, 6.45) is 5.85. The maximum Gasteiger partial charge on any atom is 0.271 e. The Morgan fingerprint density at radius 1 is 1.08 bits per heavy atom. The van der Waals surface area contributed by atoms with E-state index in [0.29, 0.717) is 5.69 Å². The maximum absolute atomic E-state index is 13.7. The molecule has 0 aliphatic heterocycles. The van der Waals surface area contributed by atoms with Crippen molar-refractivity contribution in [2.75, 3.05) is 5.32 Å². The van der Waals surface area contributed by atoms with Gasteiger partial charge in [-0.3, -0.25) is 19.9 Å². The summed E-state index contributed by atoms with van der Waals surface area (Å²) in [6, 6.07) is 16.2. The van der Waals surface area contributed by atoms with Gasteiger partial charge < -0.3 is 9.88 Å². The van der Waals surface area contributed by atoms with E-state index < -0.39 is 4.92 Å². The Hall–Kier alpha value is -4.04. The summed E-state index contributed by atoms with van der Waals surface area (Å²) in [5, 5.41) is 15.1. The molecule has 0 saturated heterocycles. The Morgan fingerprint density at radius 3 is 2.59 bits per heavy atom. The average Bonchev–Trinajstić information content (AvgIpc) is 3.40. The molecule has 188 valence electrons. The molecule has 0 bridgehead atoms. The van der Waals surface area contributed by atoms with Crippen molar-refractivity contribution in [3.05, 3.63) is 103 Å². The van der Waals surface area contributed by atoms with E-state index >= 15 is 0 Å². The van der Waals surface area contributed by atoms with E-state index in [1.165, 1.54) is 17.0 Å². The molecule has 0 unspecified atom stereocenters. The number of thiophene rings is 1. The minimum absolute atomic E-state index is 0.00789. The van der Waals surface area contributed by atoms with Gasteiger partial charge in [-0.2, -0.15) is 0 Å². The van der Waals surface area contributed by atoms with E-state index in [9.17, 15) is 14.9 Å². The number of aryl methyl sites for hydroxylation is 3. The molecule has 7 nitrogen and oxygen atoms in total. The van der Waals surface area contributed by atoms with Crippen molar-refractivity contribution in [1.29, 1.82) is 0 Å². The number of carbonyl (C=O) groups is 1. The summed E-state index contributed by atoms with van der Waals surface area (Å²) in [5.41, 5.74) is 7.24. The molecule has 0 radical (unpaired) electrons. The van der Waals surface area contributed by atoms with Crippen molar-refractivity contribution in [3.8, 4) is 5.00 Å². The Balaban J connectivity index is 1.53. The summed E-state index contributed by atoms with van der Waals surface area (Å²) < 4.78 is 2.14. The van der Waals surface area contributed by atoms with Crippen LogP contribution in [0.15, 0.2) is 59.6 Å². The second-order valence-corrected chi connectivity index (χ2v) is 10.5. The van der Waals surface area contributed by atoms with Gasteiger partial charge in [0.25, 0.3) is 11.6 Å². The molecule has 8 heteroatoms. The fourth-order valence-corrected chi connectivity index (χ4v) is 6.33. The number of nitrogens with zero attached hydrogens (tertiary/aromatic N) is 3. The lowest BCUT2D eigenvalue weighted by Gasteiger charge is -2.14. The number of hydrogen-bond donors (Lipinski definition) is 1. The van der Waals surface area contributed by atoms with Gasteiger partial charge in [-0.1, -0.05) is 23.8 Å². The Morgan fingerprint density at radius 2 is 1.84 bits per heavy atom. The molecule has 5 rings (SSSR count). The molecule has 2 aromatic heterocycles. The number of nitro benzene ring substituents is 1.